The molecule has 1 aromatic carbocycles. The molecule has 3 rings (SSSR count). The zero-order chi connectivity index (χ0) is 17.3. The van der Waals surface area contributed by atoms with Gasteiger partial charge < -0.3 is 10.0 Å². The molecular weight excluding hydrogens is 315 g/mol. The zero-order valence-corrected chi connectivity index (χ0v) is 13.1. The highest BCUT2D eigenvalue weighted by atomic mass is 19.1. The van der Waals surface area contributed by atoms with E-state index in [0.29, 0.717) is 24.3 Å². The third kappa shape index (κ3) is 2.86. The number of piperidine rings is 1. The van der Waals surface area contributed by atoms with Crippen LogP contribution in [-0.4, -0.2) is 49.5 Å². The molecule has 24 heavy (non-hydrogen) atoms. The molecule has 1 amide bonds. The Morgan fingerprint density at radius 3 is 2.62 bits per heavy atom. The molecule has 0 aliphatic carbocycles. The van der Waals surface area contributed by atoms with Gasteiger partial charge in [0, 0.05) is 6.54 Å². The summed E-state index contributed by atoms with van der Waals surface area (Å²) in [6, 6.07) is 4.83. The van der Waals surface area contributed by atoms with Crippen molar-refractivity contribution in [1.29, 1.82) is 0 Å². The summed E-state index contributed by atoms with van der Waals surface area (Å²) in [7, 11) is 0. The third-order valence-corrected chi connectivity index (χ3v) is 4.22. The average molecular weight is 332 g/mol. The van der Waals surface area contributed by atoms with E-state index in [0.717, 1.165) is 12.8 Å². The second-order valence-electron chi connectivity index (χ2n) is 5.76. The molecule has 2 aromatic rings. The van der Waals surface area contributed by atoms with Gasteiger partial charge in [-0.3, -0.25) is 4.79 Å². The molecule has 0 bridgehead atoms. The first-order chi connectivity index (χ1) is 11.5. The summed E-state index contributed by atoms with van der Waals surface area (Å²) < 4.78 is 14.5. The number of carboxylic acids is 1. The molecule has 0 unspecified atom stereocenters. The number of rotatable bonds is 3. The Morgan fingerprint density at radius 2 is 1.96 bits per heavy atom. The Kier molecular flexibility index (Phi) is 4.28. The number of aromatic nitrogens is 3. The molecule has 1 aliphatic heterocycles. The number of carboxylic acid groups (broad SMARTS) is 1. The van der Waals surface area contributed by atoms with Crippen LogP contribution in [0.3, 0.4) is 0 Å². The van der Waals surface area contributed by atoms with Crippen LogP contribution >= 0.6 is 0 Å². The molecule has 1 N–H and O–H groups in total. The Labute approximate surface area is 137 Å². The van der Waals surface area contributed by atoms with E-state index < -0.39 is 17.9 Å². The smallest absolute Gasteiger partial charge is 0.326 e. The highest BCUT2D eigenvalue weighted by molar-refractivity contribution is 5.96. The number of hydrogen-bond acceptors (Lipinski definition) is 4. The first kappa shape index (κ1) is 16.1. The lowest BCUT2D eigenvalue weighted by atomic mass is 10.0. The maximum Gasteiger partial charge on any atom is 0.326 e. The maximum absolute atomic E-state index is 13.0. The van der Waals surface area contributed by atoms with Gasteiger partial charge in [-0.15, -0.1) is 5.10 Å². The van der Waals surface area contributed by atoms with Crippen LogP contribution in [0.5, 0.6) is 0 Å². The summed E-state index contributed by atoms with van der Waals surface area (Å²) in [6.45, 7) is 2.06. The predicted octanol–water partition coefficient (Wildman–Crippen LogP) is 1.79. The summed E-state index contributed by atoms with van der Waals surface area (Å²) in [4.78, 5) is 25.4. The minimum atomic E-state index is -1.01. The first-order valence-electron chi connectivity index (χ1n) is 7.71. The summed E-state index contributed by atoms with van der Waals surface area (Å²) in [5.74, 6) is -1.81. The second-order valence-corrected chi connectivity index (χ2v) is 5.76. The molecule has 7 nitrogen and oxygen atoms in total. The van der Waals surface area contributed by atoms with Gasteiger partial charge in [-0.2, -0.15) is 0 Å². The molecular formula is C16H17FN4O3. The summed E-state index contributed by atoms with van der Waals surface area (Å²) in [5, 5.41) is 17.2. The van der Waals surface area contributed by atoms with Gasteiger partial charge in [-0.05, 0) is 50.5 Å². The molecule has 0 spiro atoms. The molecule has 126 valence electrons. The first-order valence-corrected chi connectivity index (χ1v) is 7.71. The van der Waals surface area contributed by atoms with Crippen LogP contribution in [0.4, 0.5) is 4.39 Å². The molecule has 1 atom stereocenters. The standard InChI is InChI=1S/C16H17FN4O3/c1-10-14(15(22)20-9-3-2-4-13(20)16(23)24)18-19-21(10)12-7-5-11(17)6-8-12/h5-8,13H,2-4,9H2,1H3,(H,23,24)/t13-/m1/s1. The largest absolute Gasteiger partial charge is 0.480 e. The van der Waals surface area contributed by atoms with Gasteiger partial charge in [-0.25, -0.2) is 13.9 Å². The number of carbonyl (C=O) groups is 2. The SMILES string of the molecule is Cc1c(C(=O)N2CCCC[C@@H]2C(=O)O)nnn1-c1ccc(F)cc1. The Morgan fingerprint density at radius 1 is 1.25 bits per heavy atom. The van der Waals surface area contributed by atoms with E-state index in [9.17, 15) is 19.1 Å². The quantitative estimate of drug-likeness (QED) is 0.926. The number of likely N-dealkylation sites (tertiary alicyclic amines) is 1. The number of nitrogens with zero attached hydrogens (tertiary/aromatic N) is 4. The maximum atomic E-state index is 13.0. The summed E-state index contributed by atoms with van der Waals surface area (Å²) in [6.07, 6.45) is 1.98. The number of carbonyl (C=O) groups excluding carboxylic acids is 1. The Balaban J connectivity index is 1.91. The molecule has 8 heteroatoms. The van der Waals surface area contributed by atoms with E-state index in [1.54, 1.807) is 6.92 Å². The average Bonchev–Trinajstić information content (AvgIpc) is 2.96. The monoisotopic (exact) mass is 332 g/mol. The third-order valence-electron chi connectivity index (χ3n) is 4.22. The molecule has 0 saturated carbocycles. The van der Waals surface area contributed by atoms with Gasteiger partial charge >= 0.3 is 5.97 Å². The minimum Gasteiger partial charge on any atom is -0.480 e. The van der Waals surface area contributed by atoms with Crippen LogP contribution in [0.2, 0.25) is 0 Å². The molecule has 2 heterocycles. The fourth-order valence-corrected chi connectivity index (χ4v) is 2.92. The molecule has 1 aliphatic rings. The lowest BCUT2D eigenvalue weighted by Gasteiger charge is -2.32. The molecule has 1 fully saturated rings. The van der Waals surface area contributed by atoms with Crippen molar-refractivity contribution in [2.24, 2.45) is 0 Å². The molecule has 0 radical (unpaired) electrons. The van der Waals surface area contributed by atoms with Gasteiger partial charge in [-0.1, -0.05) is 5.21 Å². The lowest BCUT2D eigenvalue weighted by Crippen LogP contribution is -2.48. The van der Waals surface area contributed by atoms with Gasteiger partial charge in [0.15, 0.2) is 5.69 Å². The van der Waals surface area contributed by atoms with Crippen LogP contribution in [0.1, 0.15) is 35.4 Å². The Bertz CT molecular complexity index is 772. The molecule has 1 aromatic heterocycles. The molecule has 1 saturated heterocycles. The minimum absolute atomic E-state index is 0.118. The number of halogens is 1. The normalized spacial score (nSPS) is 17.8. The van der Waals surface area contributed by atoms with E-state index in [1.807, 2.05) is 0 Å². The number of aliphatic carboxylic acids is 1. The van der Waals surface area contributed by atoms with Crippen LogP contribution in [-0.2, 0) is 4.79 Å². The fourth-order valence-electron chi connectivity index (χ4n) is 2.92. The van der Waals surface area contributed by atoms with E-state index >= 15 is 0 Å². The second kappa shape index (κ2) is 6.38. The topological polar surface area (TPSA) is 88.3 Å². The van der Waals surface area contributed by atoms with Gasteiger partial charge in [0.25, 0.3) is 5.91 Å². The predicted molar refractivity (Wildman–Crippen MR) is 82.4 cm³/mol. The van der Waals surface area contributed by atoms with Crippen molar-refractivity contribution in [3.63, 3.8) is 0 Å². The van der Waals surface area contributed by atoms with Gasteiger partial charge in [0.2, 0.25) is 0 Å². The van der Waals surface area contributed by atoms with Crippen LogP contribution in [0, 0.1) is 12.7 Å². The zero-order valence-electron chi connectivity index (χ0n) is 13.1. The Hall–Kier alpha value is -2.77. The summed E-state index contributed by atoms with van der Waals surface area (Å²) >= 11 is 0. The van der Waals surface area contributed by atoms with Gasteiger partial charge in [0.05, 0.1) is 11.4 Å². The van der Waals surface area contributed by atoms with E-state index in [-0.39, 0.29) is 11.5 Å². The van der Waals surface area contributed by atoms with Crippen molar-refractivity contribution in [2.45, 2.75) is 32.2 Å². The van der Waals surface area contributed by atoms with Crippen molar-refractivity contribution in [2.75, 3.05) is 6.54 Å². The van der Waals surface area contributed by atoms with E-state index in [2.05, 4.69) is 10.3 Å². The van der Waals surface area contributed by atoms with Crippen molar-refractivity contribution < 1.29 is 19.1 Å². The number of hydrogen-bond donors (Lipinski definition) is 1. The van der Waals surface area contributed by atoms with Crippen LogP contribution in [0.25, 0.3) is 5.69 Å². The van der Waals surface area contributed by atoms with Crippen LogP contribution in [0.15, 0.2) is 24.3 Å². The van der Waals surface area contributed by atoms with Crippen molar-refractivity contribution in [3.8, 4) is 5.69 Å². The fraction of sp³-hybridized carbons (Fsp3) is 0.375. The van der Waals surface area contributed by atoms with Crippen molar-refractivity contribution in [3.05, 3.63) is 41.5 Å². The van der Waals surface area contributed by atoms with E-state index in [1.165, 1.54) is 33.8 Å². The number of benzene rings is 1. The van der Waals surface area contributed by atoms with E-state index in [4.69, 9.17) is 0 Å². The number of amides is 1. The summed E-state index contributed by atoms with van der Waals surface area (Å²) in [5.41, 5.74) is 1.18. The lowest BCUT2D eigenvalue weighted by molar-refractivity contribution is -0.143. The highest BCUT2D eigenvalue weighted by Gasteiger charge is 2.34. The van der Waals surface area contributed by atoms with Crippen molar-refractivity contribution in [1.82, 2.24) is 19.9 Å². The van der Waals surface area contributed by atoms with Gasteiger partial charge in [0.1, 0.15) is 11.9 Å². The van der Waals surface area contributed by atoms with Crippen molar-refractivity contribution >= 4 is 11.9 Å². The highest BCUT2D eigenvalue weighted by Crippen LogP contribution is 2.21. The van der Waals surface area contributed by atoms with Crippen LogP contribution < -0.4 is 0 Å².